The average Bonchev–Trinajstić information content (AvgIpc) is 3.44. The van der Waals surface area contributed by atoms with Crippen LogP contribution in [0.2, 0.25) is 5.02 Å². The summed E-state index contributed by atoms with van der Waals surface area (Å²) in [6, 6.07) is 17.0. The summed E-state index contributed by atoms with van der Waals surface area (Å²) < 4.78 is 0. The Labute approximate surface area is 190 Å². The molecule has 2 aromatic rings. The molecule has 0 unspecified atom stereocenters. The molecule has 3 N–H and O–H groups in total. The topological polar surface area (TPSA) is 72.8 Å². The number of carbonyl (C=O) groups is 1. The number of halogens is 1. The molecule has 5 nitrogen and oxygen atoms in total. The zero-order chi connectivity index (χ0) is 22.6. The number of nitrogens with zero attached hydrogens (tertiary/aromatic N) is 1. The zero-order valence-electron chi connectivity index (χ0n) is 18.5. The predicted molar refractivity (Wildman–Crippen MR) is 125 cm³/mol. The first kappa shape index (κ1) is 23.6. The van der Waals surface area contributed by atoms with E-state index >= 15 is 0 Å². The molecular weight excluding hydrogens is 412 g/mol. The van der Waals surface area contributed by atoms with Gasteiger partial charge < -0.3 is 15.5 Å². The van der Waals surface area contributed by atoms with E-state index in [1.165, 1.54) is 4.90 Å². The summed E-state index contributed by atoms with van der Waals surface area (Å²) in [4.78, 5) is 13.5. The van der Waals surface area contributed by atoms with E-state index in [4.69, 9.17) is 11.6 Å². The molecule has 0 radical (unpaired) electrons. The highest BCUT2D eigenvalue weighted by molar-refractivity contribution is 6.30. The first-order valence-electron chi connectivity index (χ1n) is 10.8. The van der Waals surface area contributed by atoms with Crippen LogP contribution in [0.5, 0.6) is 0 Å². The fourth-order valence-electron chi connectivity index (χ4n) is 4.24. The van der Waals surface area contributed by atoms with E-state index in [1.807, 2.05) is 69.3 Å². The number of hydrogen-bond acceptors (Lipinski definition) is 3. The van der Waals surface area contributed by atoms with Crippen LogP contribution in [0.4, 0.5) is 4.79 Å². The molecule has 1 aliphatic rings. The lowest BCUT2D eigenvalue weighted by atomic mass is 9.94. The number of aliphatic hydroxyl groups excluding tert-OH is 1. The standard InChI is InChI=1S/C25H33ClN2O3/c1-24(2,3)28(23(30)31)21(15-18-8-5-4-6-9-18)22(29)17-27-25(12-13-25)16-19-10-7-11-20(26)14-19/h4-11,14,21-22,27,29H,12-13,15-17H2,1-3H3,(H,30,31)/t21-,22+/m0/s1. The molecule has 0 aliphatic heterocycles. The maximum absolute atomic E-state index is 12.2. The van der Waals surface area contributed by atoms with Gasteiger partial charge in [0.1, 0.15) is 0 Å². The lowest BCUT2D eigenvalue weighted by Crippen LogP contribution is -2.58. The molecule has 0 bridgehead atoms. The van der Waals surface area contributed by atoms with Crippen molar-refractivity contribution in [1.29, 1.82) is 0 Å². The Balaban J connectivity index is 1.73. The smallest absolute Gasteiger partial charge is 0.408 e. The number of aliphatic hydroxyl groups is 1. The molecule has 31 heavy (non-hydrogen) atoms. The minimum Gasteiger partial charge on any atom is -0.465 e. The second kappa shape index (κ2) is 9.60. The van der Waals surface area contributed by atoms with Gasteiger partial charge in [-0.25, -0.2) is 4.79 Å². The van der Waals surface area contributed by atoms with Crippen LogP contribution in [-0.2, 0) is 12.8 Å². The van der Waals surface area contributed by atoms with Crippen LogP contribution in [0.1, 0.15) is 44.7 Å². The summed E-state index contributed by atoms with van der Waals surface area (Å²) in [5.41, 5.74) is 1.47. The quantitative estimate of drug-likeness (QED) is 0.521. The lowest BCUT2D eigenvalue weighted by Gasteiger charge is -2.42. The fraction of sp³-hybridized carbons (Fsp3) is 0.480. The lowest BCUT2D eigenvalue weighted by molar-refractivity contribution is 0.00655. The predicted octanol–water partition coefficient (Wildman–Crippen LogP) is 4.76. The van der Waals surface area contributed by atoms with Crippen molar-refractivity contribution in [3.8, 4) is 0 Å². The van der Waals surface area contributed by atoms with Gasteiger partial charge in [0.15, 0.2) is 0 Å². The third-order valence-electron chi connectivity index (χ3n) is 5.96. The van der Waals surface area contributed by atoms with Crippen LogP contribution >= 0.6 is 11.6 Å². The van der Waals surface area contributed by atoms with Gasteiger partial charge in [-0.2, -0.15) is 0 Å². The van der Waals surface area contributed by atoms with Gasteiger partial charge in [0.05, 0.1) is 12.1 Å². The number of nitrogens with one attached hydrogen (secondary N) is 1. The molecule has 2 atom stereocenters. The summed E-state index contributed by atoms with van der Waals surface area (Å²) in [6.07, 6.45) is 1.48. The number of rotatable bonds is 9. The maximum atomic E-state index is 12.2. The number of hydrogen-bond donors (Lipinski definition) is 3. The number of β-amino-alcohol motifs (C(OH)–C–C–N with tert-alkyl or cyclic N) is 1. The van der Waals surface area contributed by atoms with E-state index in [2.05, 4.69) is 11.4 Å². The van der Waals surface area contributed by atoms with Gasteiger partial charge in [-0.3, -0.25) is 4.90 Å². The summed E-state index contributed by atoms with van der Waals surface area (Å²) in [5.74, 6) is 0. The Morgan fingerprint density at radius 3 is 2.32 bits per heavy atom. The third kappa shape index (κ3) is 6.45. The molecule has 0 aromatic heterocycles. The molecule has 2 aromatic carbocycles. The van der Waals surface area contributed by atoms with Crippen LogP contribution in [0.15, 0.2) is 54.6 Å². The molecule has 0 saturated heterocycles. The van der Waals surface area contributed by atoms with Crippen molar-refractivity contribution in [1.82, 2.24) is 10.2 Å². The van der Waals surface area contributed by atoms with Crippen LogP contribution in [-0.4, -0.2) is 51.0 Å². The van der Waals surface area contributed by atoms with E-state index in [0.717, 1.165) is 35.4 Å². The SMILES string of the molecule is CC(C)(C)N(C(=O)O)[C@@H](Cc1ccccc1)[C@H](O)CNC1(Cc2cccc(Cl)c2)CC1. The van der Waals surface area contributed by atoms with Crippen LogP contribution < -0.4 is 5.32 Å². The summed E-state index contributed by atoms with van der Waals surface area (Å²) in [7, 11) is 0. The van der Waals surface area contributed by atoms with E-state index in [1.54, 1.807) is 0 Å². The molecule has 0 spiro atoms. The Bertz CT molecular complexity index is 878. The van der Waals surface area contributed by atoms with Crippen molar-refractivity contribution >= 4 is 17.7 Å². The van der Waals surface area contributed by atoms with E-state index in [0.29, 0.717) is 13.0 Å². The van der Waals surface area contributed by atoms with Crippen LogP contribution in [0.3, 0.4) is 0 Å². The van der Waals surface area contributed by atoms with Gasteiger partial charge in [-0.05, 0) is 69.7 Å². The van der Waals surface area contributed by atoms with E-state index in [-0.39, 0.29) is 5.54 Å². The Kier molecular flexibility index (Phi) is 7.30. The first-order valence-corrected chi connectivity index (χ1v) is 11.2. The van der Waals surface area contributed by atoms with Gasteiger partial charge in [-0.15, -0.1) is 0 Å². The monoisotopic (exact) mass is 444 g/mol. The summed E-state index contributed by atoms with van der Waals surface area (Å²) >= 11 is 6.13. The maximum Gasteiger partial charge on any atom is 0.408 e. The minimum absolute atomic E-state index is 0.0568. The molecule has 1 aliphatic carbocycles. The second-order valence-corrected chi connectivity index (χ2v) is 10.1. The van der Waals surface area contributed by atoms with Gasteiger partial charge in [0, 0.05) is 22.6 Å². The molecule has 1 fully saturated rings. The van der Waals surface area contributed by atoms with Crippen molar-refractivity contribution < 1.29 is 15.0 Å². The molecule has 0 heterocycles. The Morgan fingerprint density at radius 1 is 1.13 bits per heavy atom. The molecular formula is C25H33ClN2O3. The van der Waals surface area contributed by atoms with Crippen molar-refractivity contribution in [2.75, 3.05) is 6.54 Å². The highest BCUT2D eigenvalue weighted by Gasteiger charge is 2.44. The summed E-state index contributed by atoms with van der Waals surface area (Å²) in [5, 5.41) is 25.4. The molecule has 1 amide bonds. The Hall–Kier alpha value is -2.08. The van der Waals surface area contributed by atoms with Gasteiger partial charge in [0.2, 0.25) is 0 Å². The number of amides is 1. The molecule has 3 rings (SSSR count). The highest BCUT2D eigenvalue weighted by atomic mass is 35.5. The zero-order valence-corrected chi connectivity index (χ0v) is 19.3. The largest absolute Gasteiger partial charge is 0.465 e. The van der Waals surface area contributed by atoms with Crippen molar-refractivity contribution in [2.45, 2.75) is 69.7 Å². The average molecular weight is 445 g/mol. The normalized spacial score (nSPS) is 17.1. The molecule has 168 valence electrons. The van der Waals surface area contributed by atoms with Gasteiger partial charge in [0.25, 0.3) is 0 Å². The van der Waals surface area contributed by atoms with Crippen LogP contribution in [0.25, 0.3) is 0 Å². The minimum atomic E-state index is -1.02. The van der Waals surface area contributed by atoms with E-state index in [9.17, 15) is 15.0 Å². The van der Waals surface area contributed by atoms with Crippen molar-refractivity contribution in [3.05, 3.63) is 70.7 Å². The van der Waals surface area contributed by atoms with Crippen LogP contribution in [0, 0.1) is 0 Å². The highest BCUT2D eigenvalue weighted by Crippen LogP contribution is 2.39. The number of carboxylic acid groups (broad SMARTS) is 1. The molecule has 1 saturated carbocycles. The van der Waals surface area contributed by atoms with E-state index < -0.39 is 23.8 Å². The summed E-state index contributed by atoms with van der Waals surface area (Å²) in [6.45, 7) is 5.92. The Morgan fingerprint density at radius 2 is 1.77 bits per heavy atom. The van der Waals surface area contributed by atoms with Crippen molar-refractivity contribution in [2.24, 2.45) is 0 Å². The second-order valence-electron chi connectivity index (χ2n) is 9.62. The van der Waals surface area contributed by atoms with Crippen molar-refractivity contribution in [3.63, 3.8) is 0 Å². The van der Waals surface area contributed by atoms with Gasteiger partial charge >= 0.3 is 6.09 Å². The van der Waals surface area contributed by atoms with Gasteiger partial charge in [-0.1, -0.05) is 54.1 Å². The molecule has 6 heteroatoms. The number of benzene rings is 2. The third-order valence-corrected chi connectivity index (χ3v) is 6.20. The fourth-order valence-corrected chi connectivity index (χ4v) is 4.46. The first-order chi connectivity index (χ1) is 14.6.